The lowest BCUT2D eigenvalue weighted by Crippen LogP contribution is -2.47. The van der Waals surface area contributed by atoms with Crippen molar-refractivity contribution in [1.82, 2.24) is 5.32 Å². The van der Waals surface area contributed by atoms with Crippen molar-refractivity contribution in [2.24, 2.45) is 0 Å². The van der Waals surface area contributed by atoms with Crippen LogP contribution in [0.3, 0.4) is 0 Å². The van der Waals surface area contributed by atoms with E-state index in [1.54, 1.807) is 13.0 Å². The summed E-state index contributed by atoms with van der Waals surface area (Å²) in [6, 6.07) is 1.58. The minimum Gasteiger partial charge on any atom is -0.478 e. The Hall–Kier alpha value is -1.33. The lowest BCUT2D eigenvalue weighted by molar-refractivity contribution is 0.0695. The maximum atomic E-state index is 10.9. The number of ether oxygens (including phenoxy) is 1. The predicted molar refractivity (Wildman–Crippen MR) is 65.7 cm³/mol. The van der Waals surface area contributed by atoms with Gasteiger partial charge < -0.3 is 19.6 Å². The van der Waals surface area contributed by atoms with E-state index >= 15 is 0 Å². The molecule has 0 spiro atoms. The molecule has 2 heterocycles. The summed E-state index contributed by atoms with van der Waals surface area (Å²) in [4.78, 5) is 10.9. The summed E-state index contributed by atoms with van der Waals surface area (Å²) in [7, 11) is 0. The van der Waals surface area contributed by atoms with E-state index in [0.717, 1.165) is 13.0 Å². The van der Waals surface area contributed by atoms with Gasteiger partial charge in [0.05, 0.1) is 12.6 Å². The van der Waals surface area contributed by atoms with Crippen molar-refractivity contribution in [1.29, 1.82) is 0 Å². The number of carboxylic acid groups (broad SMARTS) is 1. The minimum atomic E-state index is -0.953. The smallest absolute Gasteiger partial charge is 0.339 e. The Morgan fingerprint density at radius 1 is 1.67 bits per heavy atom. The summed E-state index contributed by atoms with van der Waals surface area (Å²) in [5, 5.41) is 12.3. The van der Waals surface area contributed by atoms with E-state index in [2.05, 4.69) is 12.2 Å². The highest BCUT2D eigenvalue weighted by Gasteiger charge is 2.36. The van der Waals surface area contributed by atoms with Crippen molar-refractivity contribution in [2.75, 3.05) is 6.61 Å². The van der Waals surface area contributed by atoms with E-state index in [4.69, 9.17) is 14.3 Å². The summed E-state index contributed by atoms with van der Waals surface area (Å²) in [5.74, 6) is 0.136. The quantitative estimate of drug-likeness (QED) is 0.858. The van der Waals surface area contributed by atoms with E-state index in [-0.39, 0.29) is 17.2 Å². The maximum absolute atomic E-state index is 10.9. The van der Waals surface area contributed by atoms with Crippen LogP contribution in [0.25, 0.3) is 0 Å². The molecule has 1 fully saturated rings. The molecule has 0 aliphatic carbocycles. The topological polar surface area (TPSA) is 71.7 Å². The Balaban J connectivity index is 2.02. The van der Waals surface area contributed by atoms with Crippen LogP contribution < -0.4 is 5.32 Å². The molecule has 1 aromatic heterocycles. The van der Waals surface area contributed by atoms with Gasteiger partial charge in [0.1, 0.15) is 17.1 Å². The molecular formula is C13H19NO4. The normalized spacial score (nSPS) is 27.6. The molecule has 1 aromatic rings. The Bertz CT molecular complexity index is 454. The highest BCUT2D eigenvalue weighted by molar-refractivity contribution is 5.88. The molecule has 5 heteroatoms. The lowest BCUT2D eigenvalue weighted by Gasteiger charge is -2.28. The van der Waals surface area contributed by atoms with Crippen molar-refractivity contribution in [3.8, 4) is 0 Å². The van der Waals surface area contributed by atoms with Crippen LogP contribution in [-0.4, -0.2) is 29.3 Å². The van der Waals surface area contributed by atoms with Gasteiger partial charge in [-0.2, -0.15) is 0 Å². The minimum absolute atomic E-state index is 0.0793. The molecule has 2 rings (SSSR count). The van der Waals surface area contributed by atoms with Crippen molar-refractivity contribution in [3.05, 3.63) is 23.2 Å². The number of hydrogen-bond donors (Lipinski definition) is 2. The summed E-state index contributed by atoms with van der Waals surface area (Å²) in [6.07, 6.45) is 1.09. The van der Waals surface area contributed by atoms with Crippen molar-refractivity contribution in [2.45, 2.75) is 45.4 Å². The first-order valence-corrected chi connectivity index (χ1v) is 6.11. The van der Waals surface area contributed by atoms with E-state index in [9.17, 15) is 4.79 Å². The second-order valence-electron chi connectivity index (χ2n) is 5.02. The molecule has 0 bridgehead atoms. The molecular weight excluding hydrogens is 234 g/mol. The molecule has 100 valence electrons. The third-order valence-electron chi connectivity index (χ3n) is 3.75. The highest BCUT2D eigenvalue weighted by atomic mass is 16.5. The van der Waals surface area contributed by atoms with Crippen LogP contribution in [0, 0.1) is 6.92 Å². The average molecular weight is 253 g/mol. The second-order valence-corrected chi connectivity index (χ2v) is 5.02. The van der Waals surface area contributed by atoms with Gasteiger partial charge >= 0.3 is 5.97 Å². The number of carboxylic acids is 1. The van der Waals surface area contributed by atoms with Crippen molar-refractivity contribution < 1.29 is 19.1 Å². The van der Waals surface area contributed by atoms with Gasteiger partial charge in [0.15, 0.2) is 0 Å². The third kappa shape index (κ3) is 2.42. The zero-order chi connectivity index (χ0) is 13.3. The highest BCUT2D eigenvalue weighted by Crippen LogP contribution is 2.26. The number of carbonyl (C=O) groups is 1. The Kier molecular flexibility index (Phi) is 3.45. The molecule has 1 aliphatic rings. The van der Waals surface area contributed by atoms with Gasteiger partial charge in [0, 0.05) is 12.1 Å². The number of aromatic carboxylic acids is 1. The van der Waals surface area contributed by atoms with Crippen LogP contribution in [0.15, 0.2) is 10.5 Å². The fourth-order valence-electron chi connectivity index (χ4n) is 2.20. The number of rotatable bonds is 4. The first-order valence-electron chi connectivity index (χ1n) is 6.11. The average Bonchev–Trinajstić information content (AvgIpc) is 2.82. The molecule has 5 nitrogen and oxygen atoms in total. The standard InChI is InChI=1S/C13H19NO4/c1-8-11(12(15)16)6-10(18-8)7-14-13(3)4-5-17-9(13)2/h6,9,14H,4-5,7H2,1-3H3,(H,15,16). The molecule has 1 aliphatic heterocycles. The second kappa shape index (κ2) is 4.74. The van der Waals surface area contributed by atoms with Crippen LogP contribution in [0.1, 0.15) is 42.1 Å². The maximum Gasteiger partial charge on any atom is 0.339 e. The van der Waals surface area contributed by atoms with Gasteiger partial charge in [0.2, 0.25) is 0 Å². The zero-order valence-corrected chi connectivity index (χ0v) is 10.9. The van der Waals surface area contributed by atoms with Crippen molar-refractivity contribution in [3.63, 3.8) is 0 Å². The van der Waals surface area contributed by atoms with E-state index in [1.807, 2.05) is 6.92 Å². The monoisotopic (exact) mass is 253 g/mol. The third-order valence-corrected chi connectivity index (χ3v) is 3.75. The van der Waals surface area contributed by atoms with Crippen LogP contribution in [0.5, 0.6) is 0 Å². The molecule has 0 radical (unpaired) electrons. The van der Waals surface area contributed by atoms with Gasteiger partial charge in [-0.3, -0.25) is 0 Å². The van der Waals surface area contributed by atoms with Crippen molar-refractivity contribution >= 4 is 5.97 Å². The number of furan rings is 1. The summed E-state index contributed by atoms with van der Waals surface area (Å²) in [6.45, 7) is 7.07. The largest absolute Gasteiger partial charge is 0.478 e. The molecule has 2 N–H and O–H groups in total. The summed E-state index contributed by atoms with van der Waals surface area (Å²) in [5.41, 5.74) is 0.150. The molecule has 2 unspecified atom stereocenters. The Morgan fingerprint density at radius 3 is 2.89 bits per heavy atom. The van der Waals surface area contributed by atoms with Gasteiger partial charge in [0.25, 0.3) is 0 Å². The number of hydrogen-bond acceptors (Lipinski definition) is 4. The SMILES string of the molecule is Cc1oc(CNC2(C)CCOC2C)cc1C(=O)O. The molecule has 18 heavy (non-hydrogen) atoms. The molecule has 0 amide bonds. The van der Waals surface area contributed by atoms with Gasteiger partial charge in [-0.15, -0.1) is 0 Å². The van der Waals surface area contributed by atoms with Crippen LogP contribution in [0.4, 0.5) is 0 Å². The Labute approximate surface area is 106 Å². The molecule has 1 saturated heterocycles. The van der Waals surface area contributed by atoms with Gasteiger partial charge in [-0.25, -0.2) is 4.79 Å². The van der Waals surface area contributed by atoms with Crippen LogP contribution >= 0.6 is 0 Å². The van der Waals surface area contributed by atoms with E-state index < -0.39 is 5.97 Å². The van der Waals surface area contributed by atoms with E-state index in [0.29, 0.717) is 18.1 Å². The summed E-state index contributed by atoms with van der Waals surface area (Å²) < 4.78 is 11.0. The number of nitrogens with one attached hydrogen (secondary N) is 1. The summed E-state index contributed by atoms with van der Waals surface area (Å²) >= 11 is 0. The first-order chi connectivity index (χ1) is 8.42. The molecule has 2 atom stereocenters. The fraction of sp³-hybridized carbons (Fsp3) is 0.615. The molecule has 0 aromatic carbocycles. The Morgan fingerprint density at radius 2 is 2.39 bits per heavy atom. The van der Waals surface area contributed by atoms with Crippen LogP contribution in [0.2, 0.25) is 0 Å². The lowest BCUT2D eigenvalue weighted by atomic mass is 9.95. The van der Waals surface area contributed by atoms with Crippen LogP contribution in [-0.2, 0) is 11.3 Å². The number of aryl methyl sites for hydroxylation is 1. The first kappa shape index (κ1) is 13.1. The molecule has 0 saturated carbocycles. The zero-order valence-electron chi connectivity index (χ0n) is 10.9. The van der Waals surface area contributed by atoms with Gasteiger partial charge in [-0.1, -0.05) is 0 Å². The fourth-order valence-corrected chi connectivity index (χ4v) is 2.20. The van der Waals surface area contributed by atoms with E-state index in [1.165, 1.54) is 0 Å². The predicted octanol–water partition coefficient (Wildman–Crippen LogP) is 1.94. The van der Waals surface area contributed by atoms with Gasteiger partial charge in [-0.05, 0) is 33.3 Å².